The van der Waals surface area contributed by atoms with Gasteiger partial charge < -0.3 is 34.1 Å². The Labute approximate surface area is 338 Å². The maximum Gasteiger partial charge on any atom is 0.357 e. The van der Waals surface area contributed by atoms with Gasteiger partial charge in [0, 0.05) is 24.4 Å². The lowest BCUT2D eigenvalue weighted by Gasteiger charge is -2.49. The third kappa shape index (κ3) is 10.7. The van der Waals surface area contributed by atoms with Crippen LogP contribution in [-0.4, -0.2) is 88.5 Å². The molecule has 58 heavy (non-hydrogen) atoms. The van der Waals surface area contributed by atoms with Crippen LogP contribution in [0.25, 0.3) is 0 Å². The van der Waals surface area contributed by atoms with Crippen LogP contribution in [-0.2, 0) is 28.5 Å². The summed E-state index contributed by atoms with van der Waals surface area (Å²) in [5.41, 5.74) is 0.387. The summed E-state index contributed by atoms with van der Waals surface area (Å²) >= 11 is 1.11. The number of esters is 4. The van der Waals surface area contributed by atoms with Crippen molar-refractivity contribution in [1.82, 2.24) is 10.3 Å². The Morgan fingerprint density at radius 3 is 1.84 bits per heavy atom. The van der Waals surface area contributed by atoms with Gasteiger partial charge in [-0.1, -0.05) is 90.6 Å². The van der Waals surface area contributed by atoms with E-state index in [0.717, 1.165) is 11.8 Å². The third-order valence-corrected chi connectivity index (χ3v) is 10.3. The SMILES string of the molecule is CC(=O)N[C@H]1[C@H]([C@H](OC(=O)c2ccccc2)[C@@H](COC(=O)c2ccccc2)OC(=O)c2ccccn2)OC(CO)(Sc2ccccc2)C[C@@H]1OC(=O)c1ccccc1. The molecule has 0 aliphatic carbocycles. The number of amides is 1. The van der Waals surface area contributed by atoms with Crippen LogP contribution in [0.1, 0.15) is 54.9 Å². The minimum absolute atomic E-state index is 0.106. The van der Waals surface area contributed by atoms with Gasteiger partial charge in [0.05, 0.1) is 29.3 Å². The smallest absolute Gasteiger partial charge is 0.357 e. The predicted molar refractivity (Wildman–Crippen MR) is 211 cm³/mol. The molecule has 1 unspecified atom stereocenters. The Balaban J connectivity index is 1.48. The van der Waals surface area contributed by atoms with Gasteiger partial charge in [-0.25, -0.2) is 24.2 Å². The van der Waals surface area contributed by atoms with Crippen molar-refractivity contribution in [3.8, 4) is 0 Å². The summed E-state index contributed by atoms with van der Waals surface area (Å²) in [6.45, 7) is -0.0982. The van der Waals surface area contributed by atoms with Gasteiger partial charge in [0.15, 0.2) is 12.2 Å². The fourth-order valence-electron chi connectivity index (χ4n) is 6.31. The summed E-state index contributed by atoms with van der Waals surface area (Å²) in [6.07, 6.45) is -4.91. The Kier molecular flexibility index (Phi) is 14.0. The molecule has 1 saturated heterocycles. The van der Waals surface area contributed by atoms with E-state index in [-0.39, 0.29) is 28.8 Å². The first-order chi connectivity index (χ1) is 28.1. The zero-order valence-electron chi connectivity index (χ0n) is 31.2. The van der Waals surface area contributed by atoms with Crippen molar-refractivity contribution < 1.29 is 52.8 Å². The fourth-order valence-corrected chi connectivity index (χ4v) is 7.50. The first-order valence-electron chi connectivity index (χ1n) is 18.3. The average molecular weight is 805 g/mol. The van der Waals surface area contributed by atoms with Crippen LogP contribution in [0.2, 0.25) is 0 Å². The number of benzene rings is 4. The summed E-state index contributed by atoms with van der Waals surface area (Å²) in [4.78, 5) is 71.1. The molecule has 1 aliphatic rings. The molecule has 1 aliphatic heterocycles. The van der Waals surface area contributed by atoms with Crippen LogP contribution < -0.4 is 5.32 Å². The first kappa shape index (κ1) is 41.3. The van der Waals surface area contributed by atoms with Gasteiger partial charge in [-0.2, -0.15) is 0 Å². The number of hydrogen-bond donors (Lipinski definition) is 2. The molecule has 6 rings (SSSR count). The highest BCUT2D eigenvalue weighted by Crippen LogP contribution is 2.45. The third-order valence-electron chi connectivity index (χ3n) is 9.01. The minimum atomic E-state index is -1.71. The number of aliphatic hydroxyl groups is 1. The number of nitrogens with zero attached hydrogens (tertiary/aromatic N) is 1. The molecule has 1 aromatic heterocycles. The molecule has 4 aromatic carbocycles. The number of carbonyl (C=O) groups is 5. The van der Waals surface area contributed by atoms with Crippen LogP contribution in [0, 0.1) is 0 Å². The monoisotopic (exact) mass is 804 g/mol. The lowest BCUT2D eigenvalue weighted by Crippen LogP contribution is -2.67. The molecule has 6 atom stereocenters. The lowest BCUT2D eigenvalue weighted by atomic mass is 9.89. The van der Waals surface area contributed by atoms with E-state index in [9.17, 15) is 29.1 Å². The van der Waals surface area contributed by atoms with E-state index in [1.54, 1.807) is 103 Å². The highest BCUT2D eigenvalue weighted by atomic mass is 32.2. The molecular weight excluding hydrogens is 765 g/mol. The van der Waals surface area contributed by atoms with Gasteiger partial charge in [-0.05, 0) is 60.7 Å². The van der Waals surface area contributed by atoms with Crippen molar-refractivity contribution >= 4 is 41.5 Å². The van der Waals surface area contributed by atoms with Crippen molar-refractivity contribution in [2.45, 2.75) is 53.6 Å². The Hall–Kier alpha value is -6.35. The zero-order chi connectivity index (χ0) is 40.9. The van der Waals surface area contributed by atoms with E-state index >= 15 is 0 Å². The standard InChI is InChI=1S/C44H40N2O11S/c1-29(48)46-37-35(54-41(50)31-18-8-3-9-19-31)26-44(28-47,58-33-22-12-5-13-23-33)57-39(37)38(56-42(51)32-20-10-4-11-21-32)36(55-43(52)34-24-14-15-25-45-34)27-53-40(49)30-16-6-2-7-17-30/h2-25,35-39,47H,26-28H2,1H3,(H,46,48)/t35-,36+,37+,38+,39+,44?/m0/s1. The fraction of sp³-hybridized carbons (Fsp3) is 0.227. The van der Waals surface area contributed by atoms with Crippen LogP contribution in [0.5, 0.6) is 0 Å². The summed E-state index contributed by atoms with van der Waals surface area (Å²) in [6, 6.07) is 36.4. The van der Waals surface area contributed by atoms with Gasteiger partial charge in [-0.15, -0.1) is 0 Å². The second-order valence-corrected chi connectivity index (χ2v) is 14.6. The van der Waals surface area contributed by atoms with Crippen molar-refractivity contribution in [2.75, 3.05) is 13.2 Å². The second-order valence-electron chi connectivity index (χ2n) is 13.2. The van der Waals surface area contributed by atoms with Crippen LogP contribution in [0.4, 0.5) is 0 Å². The van der Waals surface area contributed by atoms with E-state index in [1.165, 1.54) is 43.5 Å². The van der Waals surface area contributed by atoms with Gasteiger partial charge in [0.2, 0.25) is 5.91 Å². The number of aromatic nitrogens is 1. The molecule has 1 fully saturated rings. The molecule has 13 nitrogen and oxygen atoms in total. The quantitative estimate of drug-likeness (QED) is 0.0976. The maximum absolute atomic E-state index is 14.0. The Morgan fingerprint density at radius 1 is 0.741 bits per heavy atom. The number of thioether (sulfide) groups is 1. The van der Waals surface area contributed by atoms with Gasteiger partial charge >= 0.3 is 23.9 Å². The number of ether oxygens (including phenoxy) is 5. The largest absolute Gasteiger partial charge is 0.458 e. The molecule has 298 valence electrons. The number of aliphatic hydroxyl groups excluding tert-OH is 1. The number of hydrogen-bond acceptors (Lipinski definition) is 13. The number of pyridine rings is 1. The molecule has 2 N–H and O–H groups in total. The van der Waals surface area contributed by atoms with Crippen molar-refractivity contribution in [2.24, 2.45) is 0 Å². The highest BCUT2D eigenvalue weighted by molar-refractivity contribution is 8.00. The van der Waals surface area contributed by atoms with E-state index in [0.29, 0.717) is 4.90 Å². The second kappa shape index (κ2) is 19.7. The topological polar surface area (TPSA) is 177 Å². The number of nitrogens with one attached hydrogen (secondary N) is 1. The van der Waals surface area contributed by atoms with E-state index in [2.05, 4.69) is 10.3 Å². The van der Waals surface area contributed by atoms with Crippen molar-refractivity contribution in [1.29, 1.82) is 0 Å². The van der Waals surface area contributed by atoms with E-state index in [1.807, 2.05) is 6.07 Å². The summed E-state index contributed by atoms with van der Waals surface area (Å²) in [7, 11) is 0. The summed E-state index contributed by atoms with van der Waals surface area (Å²) < 4.78 is 30.9. The van der Waals surface area contributed by atoms with Gasteiger partial charge in [0.1, 0.15) is 29.4 Å². The molecule has 5 aromatic rings. The van der Waals surface area contributed by atoms with Crippen LogP contribution >= 0.6 is 11.8 Å². The lowest BCUT2D eigenvalue weighted by molar-refractivity contribution is -0.201. The van der Waals surface area contributed by atoms with Crippen LogP contribution in [0.3, 0.4) is 0 Å². The van der Waals surface area contributed by atoms with Crippen molar-refractivity contribution in [3.63, 3.8) is 0 Å². The molecule has 14 heteroatoms. The Bertz CT molecular complexity index is 2150. The molecule has 2 heterocycles. The Morgan fingerprint density at radius 2 is 1.29 bits per heavy atom. The van der Waals surface area contributed by atoms with Gasteiger partial charge in [-0.3, -0.25) is 4.79 Å². The minimum Gasteiger partial charge on any atom is -0.458 e. The first-order valence-corrected chi connectivity index (χ1v) is 19.1. The van der Waals surface area contributed by atoms with Crippen molar-refractivity contribution in [3.05, 3.63) is 168 Å². The van der Waals surface area contributed by atoms with E-state index in [4.69, 9.17) is 23.7 Å². The summed E-state index contributed by atoms with van der Waals surface area (Å²) in [5.74, 6) is -3.95. The average Bonchev–Trinajstić information content (AvgIpc) is 3.26. The maximum atomic E-state index is 14.0. The molecule has 0 bridgehead atoms. The zero-order valence-corrected chi connectivity index (χ0v) is 32.1. The number of rotatable bonds is 15. The molecule has 1 amide bonds. The molecule has 0 saturated carbocycles. The van der Waals surface area contributed by atoms with E-state index < -0.39 is 78.4 Å². The number of carbonyl (C=O) groups excluding carboxylic acids is 5. The van der Waals surface area contributed by atoms with Gasteiger partial charge in [0.25, 0.3) is 0 Å². The highest BCUT2D eigenvalue weighted by Gasteiger charge is 2.55. The van der Waals surface area contributed by atoms with Crippen LogP contribution in [0.15, 0.2) is 151 Å². The molecular formula is C44H40N2O11S. The molecule has 0 spiro atoms. The normalized spacial score (nSPS) is 19.7. The predicted octanol–water partition coefficient (Wildman–Crippen LogP) is 5.69. The molecule has 0 radical (unpaired) electrons. The summed E-state index contributed by atoms with van der Waals surface area (Å²) in [5, 5.41) is 14.0.